The smallest absolute Gasteiger partial charge is 0.121 e. The van der Waals surface area contributed by atoms with Gasteiger partial charge in [-0.1, -0.05) is 67.6 Å². The van der Waals surface area contributed by atoms with Crippen molar-refractivity contribution >= 4 is 5.57 Å². The molecule has 2 aromatic rings. The summed E-state index contributed by atoms with van der Waals surface area (Å²) in [6, 6.07) is 19.4. The molecule has 0 fully saturated rings. The Labute approximate surface area is 125 Å². The Morgan fingerprint density at radius 2 is 1.43 bits per heavy atom. The maximum Gasteiger partial charge on any atom is 0.121 e. The van der Waals surface area contributed by atoms with Gasteiger partial charge in [0.1, 0.15) is 5.60 Å². The lowest BCUT2D eigenvalue weighted by Gasteiger charge is -2.33. The average molecular weight is 280 g/mol. The van der Waals surface area contributed by atoms with Crippen molar-refractivity contribution in [2.24, 2.45) is 5.92 Å². The van der Waals surface area contributed by atoms with Gasteiger partial charge < -0.3 is 10.2 Å². The monoisotopic (exact) mass is 280 g/mol. The van der Waals surface area contributed by atoms with Crippen molar-refractivity contribution in [1.82, 2.24) is 0 Å². The van der Waals surface area contributed by atoms with Gasteiger partial charge in [0.05, 0.1) is 6.10 Å². The highest BCUT2D eigenvalue weighted by molar-refractivity contribution is 5.79. The van der Waals surface area contributed by atoms with Crippen LogP contribution in [0.3, 0.4) is 0 Å². The van der Waals surface area contributed by atoms with Crippen molar-refractivity contribution in [3.8, 4) is 0 Å². The number of hydrogen-bond acceptors (Lipinski definition) is 2. The van der Waals surface area contributed by atoms with E-state index in [2.05, 4.69) is 0 Å². The Morgan fingerprint density at radius 3 is 2.00 bits per heavy atom. The van der Waals surface area contributed by atoms with Gasteiger partial charge in [-0.15, -0.1) is 0 Å². The molecule has 0 bridgehead atoms. The molecule has 2 N–H and O–H groups in total. The molecule has 2 aromatic carbocycles. The van der Waals surface area contributed by atoms with E-state index >= 15 is 0 Å². The maximum atomic E-state index is 11.5. The third kappa shape index (κ3) is 2.03. The van der Waals surface area contributed by atoms with Gasteiger partial charge in [-0.3, -0.25) is 0 Å². The van der Waals surface area contributed by atoms with Gasteiger partial charge in [0.25, 0.3) is 0 Å². The molecule has 2 nitrogen and oxygen atoms in total. The summed E-state index contributed by atoms with van der Waals surface area (Å²) in [6.07, 6.45) is -0.634. The highest BCUT2D eigenvalue weighted by atomic mass is 16.3. The minimum Gasteiger partial charge on any atom is -0.388 e. The van der Waals surface area contributed by atoms with E-state index in [9.17, 15) is 10.2 Å². The molecule has 3 rings (SSSR count). The minimum absolute atomic E-state index is 0.282. The predicted molar refractivity (Wildman–Crippen MR) is 84.5 cm³/mol. The van der Waals surface area contributed by atoms with E-state index in [4.69, 9.17) is 0 Å². The predicted octanol–water partition coefficient (Wildman–Crippen LogP) is 3.36. The van der Waals surface area contributed by atoms with Crippen LogP contribution < -0.4 is 0 Å². The van der Waals surface area contributed by atoms with Crippen LogP contribution >= 0.6 is 0 Å². The van der Waals surface area contributed by atoms with Crippen molar-refractivity contribution in [3.63, 3.8) is 0 Å². The Hall–Kier alpha value is -1.90. The first kappa shape index (κ1) is 14.1. The van der Waals surface area contributed by atoms with Crippen molar-refractivity contribution < 1.29 is 10.2 Å². The van der Waals surface area contributed by atoms with E-state index in [1.165, 1.54) is 0 Å². The summed E-state index contributed by atoms with van der Waals surface area (Å²) in [7, 11) is 0. The largest absolute Gasteiger partial charge is 0.388 e. The first-order chi connectivity index (χ1) is 10.1. The second-order valence-corrected chi connectivity index (χ2v) is 5.79. The summed E-state index contributed by atoms with van der Waals surface area (Å²) in [5.74, 6) is -0.282. The summed E-state index contributed by atoms with van der Waals surface area (Å²) >= 11 is 0. The van der Waals surface area contributed by atoms with E-state index < -0.39 is 11.7 Å². The van der Waals surface area contributed by atoms with Crippen LogP contribution in [0.5, 0.6) is 0 Å². The standard InChI is InChI=1S/C19H20O2/c1-13-17(15-9-5-3-6-10-15)19(21,14(2)18(13)20)16-11-7-4-8-12-16/h3-12,14,18,20-21H,1-2H3/t14-,18-,19+/m1/s1. The van der Waals surface area contributed by atoms with Gasteiger partial charge >= 0.3 is 0 Å². The zero-order valence-electron chi connectivity index (χ0n) is 12.3. The molecular weight excluding hydrogens is 260 g/mol. The van der Waals surface area contributed by atoms with Crippen molar-refractivity contribution in [3.05, 3.63) is 77.4 Å². The maximum absolute atomic E-state index is 11.5. The fourth-order valence-corrected chi connectivity index (χ4v) is 3.43. The summed E-state index contributed by atoms with van der Waals surface area (Å²) in [6.45, 7) is 3.81. The van der Waals surface area contributed by atoms with Gasteiger partial charge in [0.2, 0.25) is 0 Å². The summed E-state index contributed by atoms with van der Waals surface area (Å²) < 4.78 is 0. The molecule has 0 saturated heterocycles. The van der Waals surface area contributed by atoms with Crippen LogP contribution in [-0.4, -0.2) is 16.3 Å². The van der Waals surface area contributed by atoms with Crippen molar-refractivity contribution in [1.29, 1.82) is 0 Å². The fourth-order valence-electron chi connectivity index (χ4n) is 3.43. The Kier molecular flexibility index (Phi) is 3.44. The highest BCUT2D eigenvalue weighted by Gasteiger charge is 2.50. The molecule has 0 saturated carbocycles. The molecule has 0 aliphatic heterocycles. The van der Waals surface area contributed by atoms with Crippen LogP contribution in [-0.2, 0) is 5.60 Å². The number of aliphatic hydroxyl groups excluding tert-OH is 1. The molecule has 21 heavy (non-hydrogen) atoms. The molecule has 1 aliphatic rings. The molecule has 0 unspecified atom stereocenters. The first-order valence-corrected chi connectivity index (χ1v) is 7.29. The van der Waals surface area contributed by atoms with Crippen molar-refractivity contribution in [2.75, 3.05) is 0 Å². The van der Waals surface area contributed by atoms with E-state index in [0.717, 1.165) is 22.3 Å². The first-order valence-electron chi connectivity index (χ1n) is 7.29. The third-order valence-electron chi connectivity index (χ3n) is 4.63. The van der Waals surface area contributed by atoms with Gasteiger partial charge in [-0.2, -0.15) is 0 Å². The normalized spacial score (nSPS) is 29.0. The third-order valence-corrected chi connectivity index (χ3v) is 4.63. The zero-order valence-corrected chi connectivity index (χ0v) is 12.3. The molecule has 0 heterocycles. The Morgan fingerprint density at radius 1 is 0.905 bits per heavy atom. The molecule has 2 heteroatoms. The van der Waals surface area contributed by atoms with Crippen LogP contribution in [0, 0.1) is 5.92 Å². The highest BCUT2D eigenvalue weighted by Crippen LogP contribution is 2.51. The molecule has 0 aromatic heterocycles. The van der Waals surface area contributed by atoms with E-state index in [1.54, 1.807) is 0 Å². The van der Waals surface area contributed by atoms with Crippen LogP contribution in [0.1, 0.15) is 25.0 Å². The van der Waals surface area contributed by atoms with Crippen LogP contribution in [0.25, 0.3) is 5.57 Å². The van der Waals surface area contributed by atoms with E-state index in [-0.39, 0.29) is 5.92 Å². The lowest BCUT2D eigenvalue weighted by atomic mass is 9.78. The molecule has 1 aliphatic carbocycles. The number of benzene rings is 2. The van der Waals surface area contributed by atoms with E-state index in [0.29, 0.717) is 0 Å². The zero-order chi connectivity index (χ0) is 15.0. The molecule has 3 atom stereocenters. The molecule has 0 amide bonds. The fraction of sp³-hybridized carbons (Fsp3) is 0.263. The quantitative estimate of drug-likeness (QED) is 0.885. The topological polar surface area (TPSA) is 40.5 Å². The molecule has 0 spiro atoms. The SMILES string of the molecule is CC1=C(c2ccccc2)[C@@](O)(c2ccccc2)[C@H](C)[C@@H]1O. The Bertz CT molecular complexity index is 660. The van der Waals surface area contributed by atoms with Crippen molar-refractivity contribution in [2.45, 2.75) is 25.6 Å². The van der Waals surface area contributed by atoms with Crippen LogP contribution in [0.2, 0.25) is 0 Å². The van der Waals surface area contributed by atoms with Gasteiger partial charge in [0.15, 0.2) is 0 Å². The lowest BCUT2D eigenvalue weighted by molar-refractivity contribution is 0.00424. The molecule has 0 radical (unpaired) electrons. The second-order valence-electron chi connectivity index (χ2n) is 5.79. The molecule has 108 valence electrons. The minimum atomic E-state index is -1.16. The van der Waals surface area contributed by atoms with Gasteiger partial charge in [-0.25, -0.2) is 0 Å². The van der Waals surface area contributed by atoms with Gasteiger partial charge in [0, 0.05) is 5.92 Å². The van der Waals surface area contributed by atoms with Gasteiger partial charge in [-0.05, 0) is 29.2 Å². The summed E-state index contributed by atoms with van der Waals surface area (Å²) in [5.41, 5.74) is 2.30. The second kappa shape index (κ2) is 5.14. The van der Waals surface area contributed by atoms with E-state index in [1.807, 2.05) is 74.5 Å². The van der Waals surface area contributed by atoms with Crippen LogP contribution in [0.4, 0.5) is 0 Å². The number of hydrogen-bond donors (Lipinski definition) is 2. The number of aliphatic hydroxyl groups is 2. The lowest BCUT2D eigenvalue weighted by Crippen LogP contribution is -2.35. The summed E-state index contributed by atoms with van der Waals surface area (Å²) in [4.78, 5) is 0. The Balaban J connectivity index is 2.23. The summed E-state index contributed by atoms with van der Waals surface area (Å²) in [5, 5.41) is 21.9. The van der Waals surface area contributed by atoms with Crippen LogP contribution in [0.15, 0.2) is 66.2 Å². The number of rotatable bonds is 2. The average Bonchev–Trinajstić information content (AvgIpc) is 2.71. The molecular formula is C19H20O2.